The summed E-state index contributed by atoms with van der Waals surface area (Å²) in [5, 5.41) is 3.08. The number of nitrogens with one attached hydrogen (secondary N) is 1. The van der Waals surface area contributed by atoms with E-state index in [1.54, 1.807) is 40.6 Å². The molecule has 3 aromatic rings. The Bertz CT molecular complexity index is 1140. The minimum absolute atomic E-state index is 0.189. The standard InChI is InChI=1S/C26H27NO6/c1-29-19-7-5-6-16(10-19)21-11-17(8-9-23(21)31-3)26(28)27-18-12-22-24(32-4)13-20(30-2)14-25(22)33-15-18/h5-11,13-14,18H,12,15H2,1-4H3,(H,27,28). The summed E-state index contributed by atoms with van der Waals surface area (Å²) < 4.78 is 27.6. The monoisotopic (exact) mass is 449 g/mol. The third-order valence-electron chi connectivity index (χ3n) is 5.67. The summed E-state index contributed by atoms with van der Waals surface area (Å²) in [6.45, 7) is 0.355. The molecule has 1 N–H and O–H groups in total. The first-order valence-corrected chi connectivity index (χ1v) is 10.6. The molecule has 0 spiro atoms. The van der Waals surface area contributed by atoms with E-state index in [1.165, 1.54) is 0 Å². The normalized spacial score (nSPS) is 14.5. The third-order valence-corrected chi connectivity index (χ3v) is 5.67. The number of ether oxygens (including phenoxy) is 5. The van der Waals surface area contributed by atoms with Crippen molar-refractivity contribution < 1.29 is 28.5 Å². The van der Waals surface area contributed by atoms with Crippen LogP contribution in [-0.4, -0.2) is 47.0 Å². The summed E-state index contributed by atoms with van der Waals surface area (Å²) in [5.74, 6) is 3.26. The van der Waals surface area contributed by atoms with E-state index in [0.717, 1.165) is 22.4 Å². The van der Waals surface area contributed by atoms with Crippen molar-refractivity contribution in [1.82, 2.24) is 5.32 Å². The van der Waals surface area contributed by atoms with Crippen molar-refractivity contribution in [2.45, 2.75) is 12.5 Å². The molecule has 4 rings (SSSR count). The smallest absolute Gasteiger partial charge is 0.251 e. The summed E-state index contributed by atoms with van der Waals surface area (Å²) in [4.78, 5) is 13.1. The number of amides is 1. The van der Waals surface area contributed by atoms with Gasteiger partial charge in [0.05, 0.1) is 34.5 Å². The highest BCUT2D eigenvalue weighted by Crippen LogP contribution is 2.37. The van der Waals surface area contributed by atoms with E-state index in [-0.39, 0.29) is 11.9 Å². The van der Waals surface area contributed by atoms with Crippen molar-refractivity contribution in [3.8, 4) is 39.9 Å². The molecule has 0 saturated heterocycles. The highest BCUT2D eigenvalue weighted by Gasteiger charge is 2.26. The Kier molecular flexibility index (Phi) is 6.58. The van der Waals surface area contributed by atoms with Crippen molar-refractivity contribution in [1.29, 1.82) is 0 Å². The molecule has 0 bridgehead atoms. The second kappa shape index (κ2) is 9.73. The molecule has 3 aromatic carbocycles. The molecular weight excluding hydrogens is 422 g/mol. The summed E-state index contributed by atoms with van der Waals surface area (Å²) in [7, 11) is 6.43. The average molecular weight is 450 g/mol. The van der Waals surface area contributed by atoms with Crippen LogP contribution in [-0.2, 0) is 6.42 Å². The second-order valence-corrected chi connectivity index (χ2v) is 7.64. The van der Waals surface area contributed by atoms with Gasteiger partial charge >= 0.3 is 0 Å². The molecule has 1 atom stereocenters. The molecule has 172 valence electrons. The molecular formula is C26H27NO6. The van der Waals surface area contributed by atoms with Crippen molar-refractivity contribution in [2.24, 2.45) is 0 Å². The molecule has 0 aromatic heterocycles. The van der Waals surface area contributed by atoms with E-state index in [4.69, 9.17) is 23.7 Å². The first-order chi connectivity index (χ1) is 16.1. The van der Waals surface area contributed by atoms with E-state index < -0.39 is 0 Å². The first kappa shape index (κ1) is 22.3. The molecule has 7 nitrogen and oxygen atoms in total. The molecule has 7 heteroatoms. The van der Waals surface area contributed by atoms with Gasteiger partial charge in [-0.1, -0.05) is 12.1 Å². The summed E-state index contributed by atoms with van der Waals surface area (Å²) in [6.07, 6.45) is 0.590. The van der Waals surface area contributed by atoms with Crippen LogP contribution in [0.2, 0.25) is 0 Å². The van der Waals surface area contributed by atoms with Crippen LogP contribution >= 0.6 is 0 Å². The topological polar surface area (TPSA) is 75.3 Å². The lowest BCUT2D eigenvalue weighted by atomic mass is 9.99. The van der Waals surface area contributed by atoms with Gasteiger partial charge in [0.25, 0.3) is 5.91 Å². The van der Waals surface area contributed by atoms with Crippen LogP contribution in [0.4, 0.5) is 0 Å². The third kappa shape index (κ3) is 4.67. The van der Waals surface area contributed by atoms with E-state index in [9.17, 15) is 4.79 Å². The van der Waals surface area contributed by atoms with Crippen LogP contribution in [0.15, 0.2) is 54.6 Å². The van der Waals surface area contributed by atoms with Gasteiger partial charge in [-0.3, -0.25) is 4.79 Å². The van der Waals surface area contributed by atoms with Crippen LogP contribution in [0.25, 0.3) is 11.1 Å². The SMILES string of the molecule is COc1cccc(-c2cc(C(=O)NC3COc4cc(OC)cc(OC)c4C3)ccc2OC)c1. The molecule has 1 aliphatic rings. The van der Waals surface area contributed by atoms with Crippen LogP contribution in [0.1, 0.15) is 15.9 Å². The number of hydrogen-bond donors (Lipinski definition) is 1. The second-order valence-electron chi connectivity index (χ2n) is 7.64. The number of fused-ring (bicyclic) bond motifs is 1. The lowest BCUT2D eigenvalue weighted by Crippen LogP contribution is -2.42. The minimum atomic E-state index is -0.199. The highest BCUT2D eigenvalue weighted by molar-refractivity contribution is 5.96. The van der Waals surface area contributed by atoms with Crippen LogP contribution in [0.3, 0.4) is 0 Å². The molecule has 0 fully saturated rings. The van der Waals surface area contributed by atoms with Gasteiger partial charge in [0, 0.05) is 35.2 Å². The quantitative estimate of drug-likeness (QED) is 0.585. The fourth-order valence-corrected chi connectivity index (χ4v) is 3.95. The van der Waals surface area contributed by atoms with Crippen LogP contribution in [0, 0.1) is 0 Å². The molecule has 1 unspecified atom stereocenters. The molecule has 0 radical (unpaired) electrons. The fourth-order valence-electron chi connectivity index (χ4n) is 3.95. The van der Waals surface area contributed by atoms with Crippen molar-refractivity contribution in [3.05, 3.63) is 65.7 Å². The van der Waals surface area contributed by atoms with Crippen LogP contribution < -0.4 is 29.0 Å². The number of rotatable bonds is 7. The number of hydrogen-bond acceptors (Lipinski definition) is 6. The van der Waals surface area contributed by atoms with Gasteiger partial charge in [-0.05, 0) is 35.9 Å². The zero-order valence-electron chi connectivity index (χ0n) is 19.1. The number of carbonyl (C=O) groups is 1. The van der Waals surface area contributed by atoms with Gasteiger partial charge in [0.15, 0.2) is 0 Å². The Hall–Kier alpha value is -3.87. The zero-order valence-corrected chi connectivity index (χ0v) is 19.1. The molecule has 1 aliphatic heterocycles. The van der Waals surface area contributed by atoms with E-state index in [1.807, 2.05) is 42.5 Å². The van der Waals surface area contributed by atoms with E-state index in [0.29, 0.717) is 41.6 Å². The van der Waals surface area contributed by atoms with E-state index in [2.05, 4.69) is 5.32 Å². The lowest BCUT2D eigenvalue weighted by Gasteiger charge is -2.28. The van der Waals surface area contributed by atoms with Gasteiger partial charge in [-0.25, -0.2) is 0 Å². The molecule has 0 saturated carbocycles. The summed E-state index contributed by atoms with van der Waals surface area (Å²) in [6, 6.07) is 16.5. The van der Waals surface area contributed by atoms with E-state index >= 15 is 0 Å². The van der Waals surface area contributed by atoms with Gasteiger partial charge < -0.3 is 29.0 Å². The van der Waals surface area contributed by atoms with Gasteiger partial charge in [-0.2, -0.15) is 0 Å². The maximum Gasteiger partial charge on any atom is 0.251 e. The Morgan fingerprint density at radius 3 is 2.39 bits per heavy atom. The van der Waals surface area contributed by atoms with Crippen molar-refractivity contribution in [3.63, 3.8) is 0 Å². The molecule has 1 heterocycles. The largest absolute Gasteiger partial charge is 0.497 e. The zero-order chi connectivity index (χ0) is 23.4. The van der Waals surface area contributed by atoms with Crippen molar-refractivity contribution >= 4 is 5.91 Å². The molecule has 1 amide bonds. The number of carbonyl (C=O) groups excluding carboxylic acids is 1. The predicted molar refractivity (Wildman–Crippen MR) is 125 cm³/mol. The minimum Gasteiger partial charge on any atom is -0.497 e. The lowest BCUT2D eigenvalue weighted by molar-refractivity contribution is 0.0914. The highest BCUT2D eigenvalue weighted by atomic mass is 16.5. The molecule has 0 aliphatic carbocycles. The van der Waals surface area contributed by atoms with Gasteiger partial charge in [0.2, 0.25) is 0 Å². The average Bonchev–Trinajstić information content (AvgIpc) is 2.87. The number of methoxy groups -OCH3 is 4. The van der Waals surface area contributed by atoms with Crippen LogP contribution in [0.5, 0.6) is 28.7 Å². The first-order valence-electron chi connectivity index (χ1n) is 10.6. The van der Waals surface area contributed by atoms with Gasteiger partial charge in [-0.15, -0.1) is 0 Å². The Morgan fingerprint density at radius 1 is 0.879 bits per heavy atom. The Balaban J connectivity index is 1.56. The maximum atomic E-state index is 13.1. The predicted octanol–water partition coefficient (Wildman–Crippen LogP) is 4.12. The fraction of sp³-hybridized carbons (Fsp3) is 0.269. The summed E-state index contributed by atoms with van der Waals surface area (Å²) in [5.41, 5.74) is 3.14. The number of benzene rings is 3. The summed E-state index contributed by atoms with van der Waals surface area (Å²) >= 11 is 0. The maximum absolute atomic E-state index is 13.1. The Labute approximate surface area is 193 Å². The van der Waals surface area contributed by atoms with Gasteiger partial charge in [0.1, 0.15) is 35.4 Å². The Morgan fingerprint density at radius 2 is 1.67 bits per heavy atom. The molecule has 33 heavy (non-hydrogen) atoms. The van der Waals surface area contributed by atoms with Crippen molar-refractivity contribution in [2.75, 3.05) is 35.0 Å².